The van der Waals surface area contributed by atoms with Crippen LogP contribution in [0.2, 0.25) is 0 Å². The highest BCUT2D eigenvalue weighted by Gasteiger charge is 2.25. The van der Waals surface area contributed by atoms with Crippen LogP contribution in [-0.2, 0) is 0 Å². The lowest BCUT2D eigenvalue weighted by atomic mass is 9.84. The third kappa shape index (κ3) is 3.32. The van der Waals surface area contributed by atoms with Crippen molar-refractivity contribution >= 4 is 5.69 Å². The summed E-state index contributed by atoms with van der Waals surface area (Å²) in [6.45, 7) is 4.20. The lowest BCUT2D eigenvalue weighted by Crippen LogP contribution is -2.36. The molecule has 1 atom stereocenters. The molecule has 1 aliphatic carbocycles. The molecule has 1 saturated carbocycles. The van der Waals surface area contributed by atoms with Gasteiger partial charge in [-0.25, -0.2) is 4.39 Å². The van der Waals surface area contributed by atoms with Gasteiger partial charge in [0.1, 0.15) is 5.82 Å². The zero-order valence-corrected chi connectivity index (χ0v) is 12.9. The third-order valence-corrected chi connectivity index (χ3v) is 4.80. The van der Waals surface area contributed by atoms with E-state index in [2.05, 4.69) is 18.9 Å². The van der Waals surface area contributed by atoms with Crippen molar-refractivity contribution in [3.8, 4) is 0 Å². The summed E-state index contributed by atoms with van der Waals surface area (Å²) in [5, 5.41) is 0. The summed E-state index contributed by atoms with van der Waals surface area (Å²) in [5.41, 5.74) is 7.99. The molecular formula is C17H27FN2. The van der Waals surface area contributed by atoms with Gasteiger partial charge in [-0.3, -0.25) is 0 Å². The Morgan fingerprint density at radius 2 is 1.95 bits per heavy atom. The standard InChI is InChI=1S/C17H27FN2/c1-4-13-5-8-15(9-6-13)20(3)17-10-7-14(18)11-16(17)12(2)19/h7,10-13,15H,4-6,8-9,19H2,1-3H3/t12-,13?,15?/m0/s1. The zero-order valence-electron chi connectivity index (χ0n) is 12.9. The number of halogens is 1. The van der Waals surface area contributed by atoms with Gasteiger partial charge in [0.25, 0.3) is 0 Å². The fourth-order valence-electron chi connectivity index (χ4n) is 3.35. The molecule has 112 valence electrons. The summed E-state index contributed by atoms with van der Waals surface area (Å²) >= 11 is 0. The molecule has 1 aromatic carbocycles. The van der Waals surface area contributed by atoms with E-state index in [4.69, 9.17) is 5.73 Å². The molecule has 2 N–H and O–H groups in total. The second kappa shape index (κ2) is 6.57. The van der Waals surface area contributed by atoms with Crippen LogP contribution in [-0.4, -0.2) is 13.1 Å². The van der Waals surface area contributed by atoms with Crippen LogP contribution in [0.25, 0.3) is 0 Å². The van der Waals surface area contributed by atoms with E-state index in [1.165, 1.54) is 38.2 Å². The molecule has 0 spiro atoms. The highest BCUT2D eigenvalue weighted by molar-refractivity contribution is 5.55. The minimum atomic E-state index is -0.204. The maximum Gasteiger partial charge on any atom is 0.123 e. The third-order valence-electron chi connectivity index (χ3n) is 4.80. The Morgan fingerprint density at radius 3 is 2.50 bits per heavy atom. The van der Waals surface area contributed by atoms with Gasteiger partial charge < -0.3 is 10.6 Å². The predicted molar refractivity (Wildman–Crippen MR) is 83.4 cm³/mol. The van der Waals surface area contributed by atoms with E-state index in [0.29, 0.717) is 6.04 Å². The van der Waals surface area contributed by atoms with E-state index in [9.17, 15) is 4.39 Å². The SMILES string of the molecule is CCC1CCC(N(C)c2ccc(F)cc2[C@H](C)N)CC1. The van der Waals surface area contributed by atoms with Gasteiger partial charge in [-0.2, -0.15) is 0 Å². The van der Waals surface area contributed by atoms with Crippen molar-refractivity contribution in [2.75, 3.05) is 11.9 Å². The minimum absolute atomic E-state index is 0.143. The van der Waals surface area contributed by atoms with Gasteiger partial charge in [0.05, 0.1) is 0 Å². The van der Waals surface area contributed by atoms with Gasteiger partial charge in [0.15, 0.2) is 0 Å². The number of hydrogen-bond acceptors (Lipinski definition) is 2. The highest BCUT2D eigenvalue weighted by Crippen LogP contribution is 2.33. The predicted octanol–water partition coefficient (Wildman–Crippen LogP) is 4.25. The smallest absolute Gasteiger partial charge is 0.123 e. The fraction of sp³-hybridized carbons (Fsp3) is 0.647. The number of rotatable bonds is 4. The quantitative estimate of drug-likeness (QED) is 0.892. The van der Waals surface area contributed by atoms with Crippen LogP contribution in [0.4, 0.5) is 10.1 Å². The van der Waals surface area contributed by atoms with E-state index in [1.807, 2.05) is 13.0 Å². The van der Waals surface area contributed by atoms with Crippen molar-refractivity contribution in [1.29, 1.82) is 0 Å². The Kier molecular flexibility index (Phi) is 5.03. The lowest BCUT2D eigenvalue weighted by Gasteiger charge is -2.37. The second-order valence-electron chi connectivity index (χ2n) is 6.19. The van der Waals surface area contributed by atoms with E-state index in [-0.39, 0.29) is 11.9 Å². The van der Waals surface area contributed by atoms with Crippen molar-refractivity contribution in [3.05, 3.63) is 29.6 Å². The number of hydrogen-bond donors (Lipinski definition) is 1. The lowest BCUT2D eigenvalue weighted by molar-refractivity contribution is 0.313. The summed E-state index contributed by atoms with van der Waals surface area (Å²) < 4.78 is 13.4. The number of benzene rings is 1. The van der Waals surface area contributed by atoms with Crippen LogP contribution in [0.5, 0.6) is 0 Å². The molecule has 20 heavy (non-hydrogen) atoms. The molecule has 0 unspecified atom stereocenters. The molecule has 0 heterocycles. The monoisotopic (exact) mass is 278 g/mol. The highest BCUT2D eigenvalue weighted by atomic mass is 19.1. The molecule has 1 fully saturated rings. The molecule has 0 radical (unpaired) electrons. The van der Waals surface area contributed by atoms with E-state index < -0.39 is 0 Å². The molecule has 1 aromatic rings. The molecule has 3 heteroatoms. The second-order valence-corrected chi connectivity index (χ2v) is 6.19. The summed E-state index contributed by atoms with van der Waals surface area (Å²) in [6, 6.07) is 5.40. The Hall–Kier alpha value is -1.09. The molecule has 0 aromatic heterocycles. The summed E-state index contributed by atoms with van der Waals surface area (Å²) in [4.78, 5) is 2.31. The van der Waals surface area contributed by atoms with Gasteiger partial charge in [-0.05, 0) is 62.3 Å². The number of anilines is 1. The number of nitrogens with zero attached hydrogens (tertiary/aromatic N) is 1. The maximum absolute atomic E-state index is 13.4. The van der Waals surface area contributed by atoms with Crippen molar-refractivity contribution in [1.82, 2.24) is 0 Å². The van der Waals surface area contributed by atoms with Crippen LogP contribution in [0.1, 0.15) is 57.6 Å². The molecule has 0 bridgehead atoms. The summed E-state index contributed by atoms with van der Waals surface area (Å²) in [6.07, 6.45) is 6.36. The molecule has 1 aliphatic rings. The molecule has 2 nitrogen and oxygen atoms in total. The van der Waals surface area contributed by atoms with Crippen LogP contribution in [0.3, 0.4) is 0 Å². The normalized spacial score (nSPS) is 24.4. The summed E-state index contributed by atoms with van der Waals surface area (Å²) in [5.74, 6) is 0.685. The topological polar surface area (TPSA) is 29.3 Å². The first-order chi connectivity index (χ1) is 9.52. The van der Waals surface area contributed by atoms with Crippen molar-refractivity contribution in [2.24, 2.45) is 11.7 Å². The minimum Gasteiger partial charge on any atom is -0.371 e. The molecule has 0 amide bonds. The zero-order chi connectivity index (χ0) is 14.7. The summed E-state index contributed by atoms with van der Waals surface area (Å²) in [7, 11) is 2.12. The van der Waals surface area contributed by atoms with Gasteiger partial charge >= 0.3 is 0 Å². The van der Waals surface area contributed by atoms with Gasteiger partial charge in [0, 0.05) is 24.8 Å². The van der Waals surface area contributed by atoms with Crippen molar-refractivity contribution in [3.63, 3.8) is 0 Å². The molecule has 0 saturated heterocycles. The first-order valence-corrected chi connectivity index (χ1v) is 7.80. The van der Waals surface area contributed by atoms with E-state index >= 15 is 0 Å². The maximum atomic E-state index is 13.4. The van der Waals surface area contributed by atoms with Crippen LogP contribution in [0.15, 0.2) is 18.2 Å². The Balaban J connectivity index is 2.15. The van der Waals surface area contributed by atoms with Gasteiger partial charge in [-0.15, -0.1) is 0 Å². The average molecular weight is 278 g/mol. The Bertz CT molecular complexity index is 437. The van der Waals surface area contributed by atoms with Gasteiger partial charge in [-0.1, -0.05) is 13.3 Å². The Labute approximate surface area is 122 Å². The van der Waals surface area contributed by atoms with E-state index in [0.717, 1.165) is 17.2 Å². The first kappa shape index (κ1) is 15.3. The van der Waals surface area contributed by atoms with Crippen LogP contribution >= 0.6 is 0 Å². The largest absolute Gasteiger partial charge is 0.371 e. The molecule has 2 rings (SSSR count). The van der Waals surface area contributed by atoms with Crippen LogP contribution < -0.4 is 10.6 Å². The van der Waals surface area contributed by atoms with Gasteiger partial charge in [0.2, 0.25) is 0 Å². The van der Waals surface area contributed by atoms with Crippen molar-refractivity contribution < 1.29 is 4.39 Å². The average Bonchev–Trinajstić information content (AvgIpc) is 2.46. The van der Waals surface area contributed by atoms with E-state index in [1.54, 1.807) is 6.07 Å². The molecule has 0 aliphatic heterocycles. The molecular weight excluding hydrogens is 251 g/mol. The van der Waals surface area contributed by atoms with Crippen LogP contribution in [0, 0.1) is 11.7 Å². The number of nitrogens with two attached hydrogens (primary N) is 1. The van der Waals surface area contributed by atoms with Crippen molar-refractivity contribution in [2.45, 2.75) is 58.0 Å². The Morgan fingerprint density at radius 1 is 1.30 bits per heavy atom. The fourth-order valence-corrected chi connectivity index (χ4v) is 3.35. The first-order valence-electron chi connectivity index (χ1n) is 7.80.